The van der Waals surface area contributed by atoms with E-state index in [2.05, 4.69) is 31.4 Å². The molecule has 0 aromatic carbocycles. The maximum Gasteiger partial charge on any atom is 0.358 e. The Hall–Kier alpha value is -1.69. The van der Waals surface area contributed by atoms with Crippen LogP contribution >= 0.6 is 0 Å². The van der Waals surface area contributed by atoms with Gasteiger partial charge in [-0.15, -0.1) is 0 Å². The average molecular weight is 250 g/mol. The van der Waals surface area contributed by atoms with Crippen LogP contribution in [0.4, 0.5) is 5.82 Å². The molecule has 0 N–H and O–H groups in total. The van der Waals surface area contributed by atoms with Gasteiger partial charge in [-0.1, -0.05) is 6.92 Å². The molecule has 0 aliphatic carbocycles. The van der Waals surface area contributed by atoms with Crippen LogP contribution in [0.25, 0.3) is 0 Å². The fourth-order valence-corrected chi connectivity index (χ4v) is 1.99. The molecule has 0 unspecified atom stereocenters. The molecule has 0 atom stereocenters. The molecule has 1 aromatic heterocycles. The third kappa shape index (κ3) is 2.76. The van der Waals surface area contributed by atoms with E-state index in [9.17, 15) is 4.79 Å². The first-order valence-corrected chi connectivity index (χ1v) is 6.12. The number of carbonyl (C=O) groups is 1. The molecule has 1 aliphatic rings. The van der Waals surface area contributed by atoms with E-state index in [-0.39, 0.29) is 5.69 Å². The van der Waals surface area contributed by atoms with Crippen LogP contribution in [0.2, 0.25) is 0 Å². The number of piperazine rings is 1. The molecule has 6 heteroatoms. The number of esters is 1. The van der Waals surface area contributed by atoms with E-state index in [1.807, 2.05) is 0 Å². The molecule has 0 saturated carbocycles. The Morgan fingerprint density at radius 1 is 1.28 bits per heavy atom. The maximum absolute atomic E-state index is 11.2. The van der Waals surface area contributed by atoms with Crippen LogP contribution in [0.1, 0.15) is 17.4 Å². The first-order valence-electron chi connectivity index (χ1n) is 6.12. The van der Waals surface area contributed by atoms with Crippen LogP contribution in [-0.2, 0) is 4.74 Å². The van der Waals surface area contributed by atoms with Crippen molar-refractivity contribution in [3.63, 3.8) is 0 Å². The Kier molecular flexibility index (Phi) is 4.09. The normalized spacial score (nSPS) is 16.7. The zero-order chi connectivity index (χ0) is 13.0. The number of hydrogen-bond donors (Lipinski definition) is 0. The topological polar surface area (TPSA) is 58.6 Å². The second-order valence-electron chi connectivity index (χ2n) is 4.17. The highest BCUT2D eigenvalue weighted by Crippen LogP contribution is 2.12. The summed E-state index contributed by atoms with van der Waals surface area (Å²) in [5.41, 5.74) is 0.244. The minimum atomic E-state index is -0.454. The summed E-state index contributed by atoms with van der Waals surface area (Å²) < 4.78 is 4.59. The molecule has 1 saturated heterocycles. The highest BCUT2D eigenvalue weighted by Gasteiger charge is 2.17. The fourth-order valence-electron chi connectivity index (χ4n) is 1.99. The van der Waals surface area contributed by atoms with Gasteiger partial charge in [-0.2, -0.15) is 0 Å². The Balaban J connectivity index is 2.00. The van der Waals surface area contributed by atoms with Gasteiger partial charge >= 0.3 is 5.97 Å². The van der Waals surface area contributed by atoms with Gasteiger partial charge in [0.15, 0.2) is 5.69 Å². The van der Waals surface area contributed by atoms with E-state index in [1.165, 1.54) is 13.3 Å². The number of aromatic nitrogens is 2. The van der Waals surface area contributed by atoms with Crippen LogP contribution in [0.15, 0.2) is 12.4 Å². The molecule has 2 rings (SSSR count). The number of rotatable bonds is 3. The lowest BCUT2D eigenvalue weighted by Crippen LogP contribution is -2.46. The monoisotopic (exact) mass is 250 g/mol. The summed E-state index contributed by atoms with van der Waals surface area (Å²) in [6, 6.07) is 0. The Labute approximate surface area is 107 Å². The molecule has 1 aliphatic heterocycles. The summed E-state index contributed by atoms with van der Waals surface area (Å²) in [6.45, 7) is 7.22. The van der Waals surface area contributed by atoms with Gasteiger partial charge in [-0.25, -0.2) is 14.8 Å². The van der Waals surface area contributed by atoms with E-state index in [0.29, 0.717) is 0 Å². The summed E-state index contributed by atoms with van der Waals surface area (Å²) in [6.07, 6.45) is 3.10. The molecule has 0 radical (unpaired) electrons. The molecule has 0 amide bonds. The zero-order valence-corrected chi connectivity index (χ0v) is 10.8. The lowest BCUT2D eigenvalue weighted by atomic mass is 10.3. The third-order valence-corrected chi connectivity index (χ3v) is 3.18. The van der Waals surface area contributed by atoms with Gasteiger partial charge in [0.05, 0.1) is 19.5 Å². The molecular weight excluding hydrogens is 232 g/mol. The number of ether oxygens (including phenoxy) is 1. The van der Waals surface area contributed by atoms with Crippen molar-refractivity contribution in [2.24, 2.45) is 0 Å². The maximum atomic E-state index is 11.2. The fraction of sp³-hybridized carbons (Fsp3) is 0.583. The summed E-state index contributed by atoms with van der Waals surface area (Å²) in [5.74, 6) is 0.364. The van der Waals surface area contributed by atoms with Crippen molar-refractivity contribution in [3.8, 4) is 0 Å². The number of hydrogen-bond acceptors (Lipinski definition) is 6. The van der Waals surface area contributed by atoms with E-state index in [4.69, 9.17) is 0 Å². The molecule has 0 spiro atoms. The van der Waals surface area contributed by atoms with Crippen molar-refractivity contribution in [2.75, 3.05) is 44.7 Å². The average Bonchev–Trinajstić information content (AvgIpc) is 2.47. The molecule has 1 aromatic rings. The predicted molar refractivity (Wildman–Crippen MR) is 67.7 cm³/mol. The number of carbonyl (C=O) groups excluding carboxylic acids is 1. The van der Waals surface area contributed by atoms with Crippen molar-refractivity contribution in [1.82, 2.24) is 14.9 Å². The summed E-state index contributed by atoms with van der Waals surface area (Å²) >= 11 is 0. The van der Waals surface area contributed by atoms with Crippen LogP contribution in [0.5, 0.6) is 0 Å². The zero-order valence-electron chi connectivity index (χ0n) is 10.8. The van der Waals surface area contributed by atoms with Crippen LogP contribution in [-0.4, -0.2) is 60.7 Å². The third-order valence-electron chi connectivity index (χ3n) is 3.18. The van der Waals surface area contributed by atoms with Crippen molar-refractivity contribution in [2.45, 2.75) is 6.92 Å². The largest absolute Gasteiger partial charge is 0.464 e. The van der Waals surface area contributed by atoms with Crippen LogP contribution in [0.3, 0.4) is 0 Å². The lowest BCUT2D eigenvalue weighted by Gasteiger charge is -2.34. The quantitative estimate of drug-likeness (QED) is 0.724. The van der Waals surface area contributed by atoms with Gasteiger partial charge in [0, 0.05) is 26.2 Å². The molecule has 18 heavy (non-hydrogen) atoms. The molecular formula is C12H18N4O2. The summed E-state index contributed by atoms with van der Waals surface area (Å²) in [4.78, 5) is 24.2. The number of nitrogens with zero attached hydrogens (tertiary/aromatic N) is 4. The molecule has 0 bridgehead atoms. The van der Waals surface area contributed by atoms with Gasteiger partial charge < -0.3 is 14.5 Å². The molecule has 1 fully saturated rings. The highest BCUT2D eigenvalue weighted by atomic mass is 16.5. The van der Waals surface area contributed by atoms with E-state index in [0.717, 1.165) is 38.5 Å². The van der Waals surface area contributed by atoms with Gasteiger partial charge in [-0.3, -0.25) is 0 Å². The minimum Gasteiger partial charge on any atom is -0.464 e. The first-order chi connectivity index (χ1) is 8.74. The van der Waals surface area contributed by atoms with Crippen molar-refractivity contribution < 1.29 is 9.53 Å². The van der Waals surface area contributed by atoms with E-state index < -0.39 is 5.97 Å². The van der Waals surface area contributed by atoms with Gasteiger partial charge in [0.2, 0.25) is 0 Å². The molecule has 6 nitrogen and oxygen atoms in total. The smallest absolute Gasteiger partial charge is 0.358 e. The van der Waals surface area contributed by atoms with Gasteiger partial charge in [0.1, 0.15) is 5.82 Å². The highest BCUT2D eigenvalue weighted by molar-refractivity contribution is 5.86. The second-order valence-corrected chi connectivity index (χ2v) is 4.17. The van der Waals surface area contributed by atoms with Crippen molar-refractivity contribution in [3.05, 3.63) is 18.1 Å². The SMILES string of the molecule is CCN1CCN(c2cnc(C(=O)OC)cn2)CC1. The van der Waals surface area contributed by atoms with Crippen LogP contribution in [0, 0.1) is 0 Å². The Morgan fingerprint density at radius 2 is 2.00 bits per heavy atom. The summed E-state index contributed by atoms with van der Waals surface area (Å²) in [7, 11) is 1.34. The summed E-state index contributed by atoms with van der Waals surface area (Å²) in [5, 5.41) is 0. The van der Waals surface area contributed by atoms with Crippen LogP contribution < -0.4 is 4.90 Å². The van der Waals surface area contributed by atoms with Crippen molar-refractivity contribution in [1.29, 1.82) is 0 Å². The standard InChI is InChI=1S/C12H18N4O2/c1-3-15-4-6-16(7-5-15)11-9-13-10(8-14-11)12(17)18-2/h8-9H,3-7H2,1-2H3. The molecule has 2 heterocycles. The molecule has 98 valence electrons. The van der Waals surface area contributed by atoms with E-state index in [1.54, 1.807) is 6.20 Å². The number of methoxy groups -OCH3 is 1. The van der Waals surface area contributed by atoms with Gasteiger partial charge in [-0.05, 0) is 6.54 Å². The number of likely N-dealkylation sites (N-methyl/N-ethyl adjacent to an activating group) is 1. The van der Waals surface area contributed by atoms with Crippen molar-refractivity contribution >= 4 is 11.8 Å². The minimum absolute atomic E-state index is 0.244. The number of anilines is 1. The lowest BCUT2D eigenvalue weighted by molar-refractivity contribution is 0.0593. The Morgan fingerprint density at radius 3 is 2.50 bits per heavy atom. The van der Waals surface area contributed by atoms with Gasteiger partial charge in [0.25, 0.3) is 0 Å². The predicted octanol–water partition coefficient (Wildman–Crippen LogP) is 0.405. The van der Waals surface area contributed by atoms with E-state index >= 15 is 0 Å². The Bertz CT molecular complexity index is 399. The second kappa shape index (κ2) is 5.77. The first kappa shape index (κ1) is 12.8.